The molecule has 2 aromatic heterocycles. The fourth-order valence-electron chi connectivity index (χ4n) is 2.16. The summed E-state index contributed by atoms with van der Waals surface area (Å²) < 4.78 is 40.8. The molecule has 6 nitrogen and oxygen atoms in total. The van der Waals surface area contributed by atoms with Crippen molar-refractivity contribution in [1.82, 2.24) is 19.6 Å². The lowest BCUT2D eigenvalue weighted by atomic mass is 10.2. The zero-order valence-corrected chi connectivity index (χ0v) is 14.1. The van der Waals surface area contributed by atoms with Gasteiger partial charge in [-0.05, 0) is 39.7 Å². The third-order valence-electron chi connectivity index (χ3n) is 3.29. The molecule has 0 saturated carbocycles. The Hall–Kier alpha value is -2.62. The fourth-order valence-corrected chi connectivity index (χ4v) is 2.58. The van der Waals surface area contributed by atoms with Crippen molar-refractivity contribution in [3.8, 4) is 0 Å². The first kappa shape index (κ1) is 17.2. The summed E-state index contributed by atoms with van der Waals surface area (Å²) in [7, 11) is 0. The van der Waals surface area contributed by atoms with Crippen LogP contribution in [0, 0.1) is 5.82 Å². The highest BCUT2D eigenvalue weighted by Crippen LogP contribution is 2.22. The average Bonchev–Trinajstić information content (AvgIpc) is 3.17. The van der Waals surface area contributed by atoms with Crippen molar-refractivity contribution in [1.29, 1.82) is 0 Å². The smallest absolute Gasteiger partial charge is 0.303 e. The van der Waals surface area contributed by atoms with Crippen molar-refractivity contribution in [3.05, 3.63) is 64.3 Å². The first-order chi connectivity index (χ1) is 11.9. The number of carbonyl (C=O) groups excluding carboxylic acids is 1. The highest BCUT2D eigenvalue weighted by Gasteiger charge is 2.19. The van der Waals surface area contributed by atoms with Crippen molar-refractivity contribution in [2.75, 3.05) is 5.32 Å². The Labute approximate surface area is 148 Å². The molecular weight excluding hydrogens is 403 g/mol. The summed E-state index contributed by atoms with van der Waals surface area (Å²) in [5, 5.41) is 10.0. The lowest BCUT2D eigenvalue weighted by Gasteiger charge is -2.06. The van der Waals surface area contributed by atoms with Crippen molar-refractivity contribution in [2.45, 2.75) is 13.1 Å². The summed E-state index contributed by atoms with van der Waals surface area (Å²) in [5.41, 5.74) is 0.528. The van der Waals surface area contributed by atoms with Gasteiger partial charge in [0.1, 0.15) is 11.5 Å². The molecular formula is C15H11BrF3N5O. The second-order valence-electron chi connectivity index (χ2n) is 5.04. The number of benzene rings is 1. The zero-order chi connectivity index (χ0) is 18.0. The van der Waals surface area contributed by atoms with Crippen molar-refractivity contribution in [3.63, 3.8) is 0 Å². The number of nitrogens with zero attached hydrogens (tertiary/aromatic N) is 4. The molecule has 130 valence electrons. The Morgan fingerprint density at radius 1 is 1.24 bits per heavy atom. The highest BCUT2D eigenvalue weighted by atomic mass is 79.9. The van der Waals surface area contributed by atoms with Gasteiger partial charge in [0, 0.05) is 12.4 Å². The Morgan fingerprint density at radius 2 is 1.96 bits per heavy atom. The van der Waals surface area contributed by atoms with E-state index in [1.165, 1.54) is 22.9 Å². The maximum absolute atomic E-state index is 12.9. The van der Waals surface area contributed by atoms with Crippen LogP contribution in [0.5, 0.6) is 0 Å². The first-order valence-electron chi connectivity index (χ1n) is 7.04. The molecule has 0 fully saturated rings. The van der Waals surface area contributed by atoms with E-state index in [1.54, 1.807) is 18.3 Å². The zero-order valence-electron chi connectivity index (χ0n) is 12.5. The predicted molar refractivity (Wildman–Crippen MR) is 86.9 cm³/mol. The van der Waals surface area contributed by atoms with Crippen LogP contribution >= 0.6 is 15.9 Å². The van der Waals surface area contributed by atoms with E-state index >= 15 is 0 Å². The number of rotatable bonds is 5. The van der Waals surface area contributed by atoms with Gasteiger partial charge in [-0.1, -0.05) is 12.1 Å². The molecule has 25 heavy (non-hydrogen) atoms. The van der Waals surface area contributed by atoms with Crippen LogP contribution in [-0.4, -0.2) is 25.5 Å². The largest absolute Gasteiger partial charge is 0.333 e. The molecule has 0 radical (unpaired) electrons. The summed E-state index contributed by atoms with van der Waals surface area (Å²) >= 11 is 3.25. The summed E-state index contributed by atoms with van der Waals surface area (Å²) in [6, 6.07) is 7.09. The first-order valence-corrected chi connectivity index (χ1v) is 7.84. The van der Waals surface area contributed by atoms with Gasteiger partial charge >= 0.3 is 6.55 Å². The SMILES string of the molecule is O=C(Nc1nn(Cc2ccc(F)cc2)cc1Br)c1ccnn1C(F)F. The second-order valence-corrected chi connectivity index (χ2v) is 5.90. The van der Waals surface area contributed by atoms with Crippen LogP contribution in [0.25, 0.3) is 0 Å². The molecule has 10 heteroatoms. The quantitative estimate of drug-likeness (QED) is 0.693. The summed E-state index contributed by atoms with van der Waals surface area (Å²) in [6.07, 6.45) is 2.73. The van der Waals surface area contributed by atoms with Crippen LogP contribution in [-0.2, 0) is 6.54 Å². The predicted octanol–water partition coefficient (Wildman–Crippen LogP) is 3.68. The van der Waals surface area contributed by atoms with E-state index in [0.717, 1.165) is 11.8 Å². The number of carbonyl (C=O) groups is 1. The minimum absolute atomic E-state index is 0.175. The van der Waals surface area contributed by atoms with Gasteiger partial charge in [-0.3, -0.25) is 9.48 Å². The third-order valence-corrected chi connectivity index (χ3v) is 3.87. The summed E-state index contributed by atoms with van der Waals surface area (Å²) in [5.74, 6) is -0.923. The standard InChI is InChI=1S/C15H11BrF3N5O/c16-11-8-23(7-9-1-3-10(17)4-2-9)22-13(11)21-14(25)12-5-6-20-24(12)15(18)19/h1-6,8,15H,7H2,(H,21,22,25). The average molecular weight is 414 g/mol. The van der Waals surface area contributed by atoms with Crippen LogP contribution < -0.4 is 5.32 Å². The third kappa shape index (κ3) is 3.90. The molecule has 0 aliphatic carbocycles. The monoisotopic (exact) mass is 413 g/mol. The van der Waals surface area contributed by atoms with E-state index in [-0.39, 0.29) is 17.3 Å². The van der Waals surface area contributed by atoms with E-state index in [0.29, 0.717) is 15.7 Å². The van der Waals surface area contributed by atoms with Crippen LogP contribution in [0.1, 0.15) is 22.6 Å². The van der Waals surface area contributed by atoms with E-state index < -0.39 is 12.5 Å². The maximum Gasteiger partial charge on any atom is 0.333 e. The molecule has 3 aromatic rings. The van der Waals surface area contributed by atoms with Gasteiger partial charge in [0.2, 0.25) is 0 Å². The Bertz CT molecular complexity index is 891. The van der Waals surface area contributed by atoms with Crippen LogP contribution in [0.4, 0.5) is 19.0 Å². The number of hydrogen-bond donors (Lipinski definition) is 1. The maximum atomic E-state index is 12.9. The molecule has 2 heterocycles. The molecule has 0 spiro atoms. The van der Waals surface area contributed by atoms with Crippen LogP contribution in [0.15, 0.2) is 47.2 Å². The number of anilines is 1. The van der Waals surface area contributed by atoms with Crippen LogP contribution in [0.3, 0.4) is 0 Å². The van der Waals surface area contributed by atoms with Gasteiger partial charge in [0.15, 0.2) is 5.82 Å². The summed E-state index contributed by atoms with van der Waals surface area (Å²) in [4.78, 5) is 12.1. The molecule has 1 N–H and O–H groups in total. The number of hydrogen-bond acceptors (Lipinski definition) is 3. The number of alkyl halides is 2. The molecule has 0 saturated heterocycles. The van der Waals surface area contributed by atoms with Crippen molar-refractivity contribution >= 4 is 27.7 Å². The number of halogens is 4. The lowest BCUT2D eigenvalue weighted by molar-refractivity contribution is 0.0520. The highest BCUT2D eigenvalue weighted by molar-refractivity contribution is 9.10. The molecule has 1 amide bonds. The van der Waals surface area contributed by atoms with E-state index in [2.05, 4.69) is 31.4 Å². The molecule has 1 aromatic carbocycles. The second kappa shape index (κ2) is 7.09. The lowest BCUT2D eigenvalue weighted by Crippen LogP contribution is -2.19. The fraction of sp³-hybridized carbons (Fsp3) is 0.133. The van der Waals surface area contributed by atoms with Gasteiger partial charge in [0.25, 0.3) is 5.91 Å². The minimum Gasteiger partial charge on any atom is -0.303 e. The van der Waals surface area contributed by atoms with E-state index in [1.807, 2.05) is 0 Å². The van der Waals surface area contributed by atoms with Crippen molar-refractivity contribution < 1.29 is 18.0 Å². The molecule has 0 aliphatic rings. The van der Waals surface area contributed by atoms with E-state index in [4.69, 9.17) is 0 Å². The Morgan fingerprint density at radius 3 is 2.64 bits per heavy atom. The molecule has 3 rings (SSSR count). The normalized spacial score (nSPS) is 11.1. The molecule has 0 unspecified atom stereocenters. The number of amides is 1. The van der Waals surface area contributed by atoms with Gasteiger partial charge in [-0.2, -0.15) is 23.7 Å². The van der Waals surface area contributed by atoms with Gasteiger partial charge < -0.3 is 5.32 Å². The Balaban J connectivity index is 1.75. The van der Waals surface area contributed by atoms with Gasteiger partial charge in [-0.25, -0.2) is 4.39 Å². The molecule has 0 aliphatic heterocycles. The van der Waals surface area contributed by atoms with Gasteiger partial charge in [-0.15, -0.1) is 0 Å². The molecule has 0 bridgehead atoms. The number of nitrogens with one attached hydrogen (secondary N) is 1. The van der Waals surface area contributed by atoms with Crippen LogP contribution in [0.2, 0.25) is 0 Å². The minimum atomic E-state index is -2.92. The Kier molecular flexibility index (Phi) is 4.88. The van der Waals surface area contributed by atoms with E-state index in [9.17, 15) is 18.0 Å². The van der Waals surface area contributed by atoms with Gasteiger partial charge in [0.05, 0.1) is 11.0 Å². The number of aromatic nitrogens is 4. The van der Waals surface area contributed by atoms with Crippen molar-refractivity contribution in [2.24, 2.45) is 0 Å². The topological polar surface area (TPSA) is 64.7 Å². The molecule has 0 atom stereocenters. The summed E-state index contributed by atoms with van der Waals surface area (Å²) in [6.45, 7) is -2.57.